The topological polar surface area (TPSA) is 37.4 Å². The predicted octanol–water partition coefficient (Wildman–Crippen LogP) is 2.32. The van der Waals surface area contributed by atoms with Crippen molar-refractivity contribution < 1.29 is 9.59 Å². The van der Waals surface area contributed by atoms with Crippen LogP contribution in [0.15, 0.2) is 42.6 Å². The summed E-state index contributed by atoms with van der Waals surface area (Å²) in [6, 6.07) is 10.3. The van der Waals surface area contributed by atoms with E-state index in [9.17, 15) is 9.59 Å². The fourth-order valence-corrected chi connectivity index (χ4v) is 2.02. The first-order chi connectivity index (χ1) is 8.75. The number of hydrogen-bond acceptors (Lipinski definition) is 2. The Morgan fingerprint density at radius 2 is 1.83 bits per heavy atom. The van der Waals surface area contributed by atoms with Crippen LogP contribution < -0.4 is 0 Å². The Morgan fingerprint density at radius 1 is 1.06 bits per heavy atom. The lowest BCUT2D eigenvalue weighted by molar-refractivity contribution is -0.133. The first-order valence-electron chi connectivity index (χ1n) is 6.30. The molecule has 3 heteroatoms. The van der Waals surface area contributed by atoms with Crippen molar-refractivity contribution in [3.63, 3.8) is 0 Å². The number of rotatable bonds is 5. The Morgan fingerprint density at radius 3 is 2.56 bits per heavy atom. The monoisotopic (exact) mass is 243 g/mol. The van der Waals surface area contributed by atoms with Gasteiger partial charge in [0.15, 0.2) is 5.78 Å². The molecule has 0 aromatic heterocycles. The molecule has 18 heavy (non-hydrogen) atoms. The normalized spacial score (nSPS) is 15.2. The predicted molar refractivity (Wildman–Crippen MR) is 69.9 cm³/mol. The van der Waals surface area contributed by atoms with E-state index in [1.54, 1.807) is 11.1 Å². The first-order valence-corrected chi connectivity index (χ1v) is 6.30. The van der Waals surface area contributed by atoms with Gasteiger partial charge in [-0.05, 0) is 30.9 Å². The molecule has 0 saturated carbocycles. The van der Waals surface area contributed by atoms with Crippen LogP contribution in [0.3, 0.4) is 0 Å². The molecule has 0 unspecified atom stereocenters. The van der Waals surface area contributed by atoms with Gasteiger partial charge in [-0.15, -0.1) is 0 Å². The average Bonchev–Trinajstić information content (AvgIpc) is 2.38. The quantitative estimate of drug-likeness (QED) is 0.588. The van der Waals surface area contributed by atoms with E-state index in [-0.39, 0.29) is 18.1 Å². The Balaban J connectivity index is 1.71. The molecule has 0 atom stereocenters. The number of unbranched alkanes of at least 4 members (excludes halogenated alkanes) is 1. The van der Waals surface area contributed by atoms with E-state index in [2.05, 4.69) is 12.1 Å². The van der Waals surface area contributed by atoms with E-state index in [1.165, 1.54) is 11.6 Å². The van der Waals surface area contributed by atoms with E-state index >= 15 is 0 Å². The number of ketones is 1. The van der Waals surface area contributed by atoms with Crippen LogP contribution in [0.2, 0.25) is 0 Å². The lowest BCUT2D eigenvalue weighted by Crippen LogP contribution is -2.31. The molecule has 1 aromatic carbocycles. The highest BCUT2D eigenvalue weighted by molar-refractivity contribution is 6.06. The number of hydrogen-bond donors (Lipinski definition) is 0. The van der Waals surface area contributed by atoms with E-state index in [4.69, 9.17) is 0 Å². The largest absolute Gasteiger partial charge is 0.319 e. The lowest BCUT2D eigenvalue weighted by atomic mass is 10.1. The molecule has 0 bridgehead atoms. The maximum absolute atomic E-state index is 11.5. The van der Waals surface area contributed by atoms with Crippen molar-refractivity contribution in [2.24, 2.45) is 0 Å². The Kier molecular flexibility index (Phi) is 4.29. The third kappa shape index (κ3) is 3.55. The third-order valence-electron chi connectivity index (χ3n) is 3.04. The maximum atomic E-state index is 11.5. The molecule has 0 radical (unpaired) electrons. The summed E-state index contributed by atoms with van der Waals surface area (Å²) in [6.07, 6.45) is 6.16. The molecule has 1 amide bonds. The number of amides is 1. The van der Waals surface area contributed by atoms with Gasteiger partial charge in [0.1, 0.15) is 0 Å². The summed E-state index contributed by atoms with van der Waals surface area (Å²) in [5.41, 5.74) is 1.33. The van der Waals surface area contributed by atoms with Crippen LogP contribution in [0.1, 0.15) is 24.8 Å². The number of allylic oxidation sites excluding steroid dienone is 1. The zero-order valence-electron chi connectivity index (χ0n) is 10.3. The van der Waals surface area contributed by atoms with Crippen molar-refractivity contribution in [2.45, 2.75) is 25.7 Å². The maximum Gasteiger partial charge on any atom is 0.234 e. The highest BCUT2D eigenvalue weighted by Gasteiger charge is 2.17. The van der Waals surface area contributed by atoms with E-state index in [0.29, 0.717) is 6.54 Å². The standard InChI is InChI=1S/C15H17NO2/c17-14-9-11-16(15(18)12-14)10-5-4-8-13-6-2-1-3-7-13/h1-3,6-7,9,11H,4-5,8,10,12H2. The molecule has 0 N–H and O–H groups in total. The van der Waals surface area contributed by atoms with Crippen molar-refractivity contribution in [3.05, 3.63) is 48.2 Å². The van der Waals surface area contributed by atoms with Gasteiger partial charge in [-0.1, -0.05) is 30.3 Å². The van der Waals surface area contributed by atoms with Gasteiger partial charge in [0.2, 0.25) is 5.91 Å². The smallest absolute Gasteiger partial charge is 0.234 e. The molecule has 1 aliphatic heterocycles. The minimum Gasteiger partial charge on any atom is -0.319 e. The van der Waals surface area contributed by atoms with Crippen molar-refractivity contribution in [1.29, 1.82) is 0 Å². The molecule has 3 nitrogen and oxygen atoms in total. The van der Waals surface area contributed by atoms with Crippen LogP contribution in [0.25, 0.3) is 0 Å². The number of benzene rings is 1. The van der Waals surface area contributed by atoms with Gasteiger partial charge >= 0.3 is 0 Å². The average molecular weight is 243 g/mol. The Hall–Kier alpha value is -1.90. The van der Waals surface area contributed by atoms with E-state index in [0.717, 1.165) is 19.3 Å². The van der Waals surface area contributed by atoms with Crippen LogP contribution in [0.4, 0.5) is 0 Å². The summed E-state index contributed by atoms with van der Waals surface area (Å²) in [4.78, 5) is 24.2. The second-order valence-electron chi connectivity index (χ2n) is 4.49. The summed E-state index contributed by atoms with van der Waals surface area (Å²) in [7, 11) is 0. The van der Waals surface area contributed by atoms with Crippen molar-refractivity contribution >= 4 is 11.7 Å². The molecule has 1 aromatic rings. The fourth-order valence-electron chi connectivity index (χ4n) is 2.02. The summed E-state index contributed by atoms with van der Waals surface area (Å²) < 4.78 is 0. The third-order valence-corrected chi connectivity index (χ3v) is 3.04. The highest BCUT2D eigenvalue weighted by atomic mass is 16.2. The molecule has 94 valence electrons. The number of carbonyl (C=O) groups is 2. The molecule has 0 saturated heterocycles. The molecule has 0 spiro atoms. The minimum absolute atomic E-state index is 0.0230. The molecule has 2 rings (SSSR count). The van der Waals surface area contributed by atoms with Crippen LogP contribution in [0.5, 0.6) is 0 Å². The Labute approximate surface area is 107 Å². The summed E-state index contributed by atoms with van der Waals surface area (Å²) in [5, 5.41) is 0. The van der Waals surface area contributed by atoms with Crippen LogP contribution in [-0.4, -0.2) is 23.1 Å². The van der Waals surface area contributed by atoms with Gasteiger partial charge in [0.05, 0.1) is 6.42 Å². The molecule has 1 heterocycles. The summed E-state index contributed by atoms with van der Waals surface area (Å²) in [6.45, 7) is 0.704. The van der Waals surface area contributed by atoms with Crippen molar-refractivity contribution in [2.75, 3.05) is 6.54 Å². The van der Waals surface area contributed by atoms with Gasteiger partial charge < -0.3 is 4.90 Å². The van der Waals surface area contributed by atoms with Gasteiger partial charge in [0, 0.05) is 12.7 Å². The molecule has 0 fully saturated rings. The van der Waals surface area contributed by atoms with E-state index in [1.807, 2.05) is 18.2 Å². The molecular formula is C15H17NO2. The van der Waals surface area contributed by atoms with Gasteiger partial charge in [-0.3, -0.25) is 9.59 Å². The molecular weight excluding hydrogens is 226 g/mol. The van der Waals surface area contributed by atoms with Crippen LogP contribution in [0, 0.1) is 0 Å². The van der Waals surface area contributed by atoms with Crippen molar-refractivity contribution in [3.8, 4) is 0 Å². The summed E-state index contributed by atoms with van der Waals surface area (Å²) in [5.74, 6) is -0.178. The highest BCUT2D eigenvalue weighted by Crippen LogP contribution is 2.09. The zero-order chi connectivity index (χ0) is 12.8. The van der Waals surface area contributed by atoms with Gasteiger partial charge in [-0.25, -0.2) is 0 Å². The summed E-state index contributed by atoms with van der Waals surface area (Å²) >= 11 is 0. The molecule has 0 aliphatic carbocycles. The van der Waals surface area contributed by atoms with Gasteiger partial charge in [0.25, 0.3) is 0 Å². The molecule has 1 aliphatic rings. The first kappa shape index (κ1) is 12.6. The second kappa shape index (κ2) is 6.15. The minimum atomic E-state index is -0.0967. The number of aryl methyl sites for hydroxylation is 1. The fraction of sp³-hybridized carbons (Fsp3) is 0.333. The Bertz CT molecular complexity index is 451. The van der Waals surface area contributed by atoms with Crippen LogP contribution >= 0.6 is 0 Å². The number of carbonyl (C=O) groups excluding carboxylic acids is 2. The zero-order valence-corrected chi connectivity index (χ0v) is 10.3. The van der Waals surface area contributed by atoms with Crippen molar-refractivity contribution in [1.82, 2.24) is 4.90 Å². The SMILES string of the molecule is O=C1C=CN(CCCCc2ccccc2)C(=O)C1. The lowest BCUT2D eigenvalue weighted by Gasteiger charge is -2.20. The van der Waals surface area contributed by atoms with Crippen LogP contribution in [-0.2, 0) is 16.0 Å². The number of nitrogens with zero attached hydrogens (tertiary/aromatic N) is 1. The van der Waals surface area contributed by atoms with Gasteiger partial charge in [-0.2, -0.15) is 0 Å². The van der Waals surface area contributed by atoms with E-state index < -0.39 is 0 Å². The second-order valence-corrected chi connectivity index (χ2v) is 4.49.